The molecule has 250 valence electrons. The number of fused-ring (bicyclic) bond motifs is 3. The van der Waals surface area contributed by atoms with Crippen molar-refractivity contribution in [3.05, 3.63) is 81.5 Å². The van der Waals surface area contributed by atoms with Crippen molar-refractivity contribution in [1.29, 1.82) is 0 Å². The third-order valence-corrected chi connectivity index (χ3v) is 9.42. The number of unbranched alkanes of at least 4 members (excludes halogenated alkanes) is 2. The second-order valence-corrected chi connectivity index (χ2v) is 12.4. The molecule has 2 N–H and O–H groups in total. The zero-order chi connectivity index (χ0) is 33.3. The molecule has 3 aromatic carbocycles. The Hall–Kier alpha value is -4.53. The number of carbonyl (C=O) groups is 2. The van der Waals surface area contributed by atoms with Gasteiger partial charge in [-0.1, -0.05) is 42.8 Å². The molecule has 2 aliphatic rings. The highest BCUT2D eigenvalue weighted by Crippen LogP contribution is 2.50. The minimum absolute atomic E-state index is 0.154. The van der Waals surface area contributed by atoms with Gasteiger partial charge in [0.05, 0.1) is 33.1 Å². The van der Waals surface area contributed by atoms with Crippen LogP contribution in [0.5, 0.6) is 17.2 Å². The number of ether oxygens (including phenoxy) is 3. The minimum atomic E-state index is -0.355. The average molecular weight is 642 g/mol. The Morgan fingerprint density at radius 2 is 1.62 bits per heavy atom. The third-order valence-electron chi connectivity index (χ3n) is 9.42. The fraction of sp³-hybridized carbons (Fsp3) is 0.447. The van der Waals surface area contributed by atoms with E-state index in [2.05, 4.69) is 34.9 Å². The number of nitrogens with one attached hydrogen (secondary N) is 2. The Bertz CT molecular complexity index is 1620. The van der Waals surface area contributed by atoms with Crippen molar-refractivity contribution in [1.82, 2.24) is 10.2 Å². The molecule has 9 nitrogen and oxygen atoms in total. The van der Waals surface area contributed by atoms with Gasteiger partial charge in [-0.3, -0.25) is 14.4 Å². The van der Waals surface area contributed by atoms with E-state index in [1.54, 1.807) is 33.5 Å². The number of anilines is 1. The van der Waals surface area contributed by atoms with Gasteiger partial charge in [0.15, 0.2) is 11.5 Å². The lowest BCUT2D eigenvalue weighted by molar-refractivity contribution is -0.132. The van der Waals surface area contributed by atoms with Crippen LogP contribution in [-0.2, 0) is 16.0 Å². The van der Waals surface area contributed by atoms with E-state index in [-0.39, 0.29) is 23.3 Å². The van der Waals surface area contributed by atoms with Gasteiger partial charge in [-0.15, -0.1) is 0 Å². The maximum Gasteiger partial charge on any atom is 0.222 e. The number of rotatable bonds is 12. The van der Waals surface area contributed by atoms with E-state index in [0.29, 0.717) is 54.7 Å². The molecule has 5 rings (SSSR count). The molecule has 47 heavy (non-hydrogen) atoms. The second kappa shape index (κ2) is 15.8. The molecule has 1 atom stereocenters. The first-order valence-electron chi connectivity index (χ1n) is 16.7. The van der Waals surface area contributed by atoms with Crippen LogP contribution in [0.15, 0.2) is 59.4 Å². The largest absolute Gasteiger partial charge is 0.493 e. The smallest absolute Gasteiger partial charge is 0.222 e. The summed E-state index contributed by atoms with van der Waals surface area (Å²) in [6.45, 7) is 3.74. The molecule has 1 fully saturated rings. The van der Waals surface area contributed by atoms with Crippen molar-refractivity contribution in [2.24, 2.45) is 0 Å². The molecular weight excluding hydrogens is 594 g/mol. The Labute approximate surface area is 277 Å². The van der Waals surface area contributed by atoms with E-state index in [0.717, 1.165) is 67.4 Å². The van der Waals surface area contributed by atoms with Gasteiger partial charge in [0.25, 0.3) is 0 Å². The van der Waals surface area contributed by atoms with Crippen molar-refractivity contribution in [2.45, 2.75) is 70.3 Å². The monoisotopic (exact) mass is 641 g/mol. The standard InChI is InChI=1S/C38H47N3O6/c1-25(42)40-31-16-14-28-23-34(45-2)37(46-3)38(47-4)36(28)29-15-17-32(33(43)24-30(29)31)39-20-10-6-9-13-35(44)41-21-18-27(19-22-41)26-11-7-5-8-12-26/h5,7-8,11-12,15,17,23-24,27,31H,6,9-10,13-14,16,18-22H2,1-4H3,(H,39,43)(H,40,42)/t31-/m0/s1. The maximum absolute atomic E-state index is 13.5. The summed E-state index contributed by atoms with van der Waals surface area (Å²) in [5, 5.41) is 6.37. The highest BCUT2D eigenvalue weighted by molar-refractivity contribution is 5.83. The van der Waals surface area contributed by atoms with Gasteiger partial charge in [-0.25, -0.2) is 0 Å². The van der Waals surface area contributed by atoms with Crippen LogP contribution in [0.25, 0.3) is 11.1 Å². The first-order valence-corrected chi connectivity index (χ1v) is 16.7. The first kappa shape index (κ1) is 33.8. The van der Waals surface area contributed by atoms with Gasteiger partial charge in [0, 0.05) is 38.5 Å². The molecule has 3 aromatic rings. The molecule has 1 heterocycles. The summed E-state index contributed by atoms with van der Waals surface area (Å²) in [4.78, 5) is 40.6. The number of aryl methyl sites for hydroxylation is 1. The molecule has 0 saturated carbocycles. The zero-order valence-corrected chi connectivity index (χ0v) is 28.0. The average Bonchev–Trinajstić information content (AvgIpc) is 3.33. The summed E-state index contributed by atoms with van der Waals surface area (Å²) in [5.41, 5.74) is 5.03. The number of amides is 2. The number of carbonyl (C=O) groups excluding carboxylic acids is 2. The first-order chi connectivity index (χ1) is 22.8. The van der Waals surface area contributed by atoms with Gasteiger partial charge in [-0.05, 0) is 84.9 Å². The van der Waals surface area contributed by atoms with Crippen molar-refractivity contribution < 1.29 is 23.8 Å². The number of piperidine rings is 1. The van der Waals surface area contributed by atoms with Crippen molar-refractivity contribution in [3.8, 4) is 28.4 Å². The molecule has 9 heteroatoms. The summed E-state index contributed by atoms with van der Waals surface area (Å²) >= 11 is 0. The quantitative estimate of drug-likeness (QED) is 0.226. The van der Waals surface area contributed by atoms with E-state index in [9.17, 15) is 14.4 Å². The highest BCUT2D eigenvalue weighted by atomic mass is 16.5. The van der Waals surface area contributed by atoms with Crippen LogP contribution in [0.2, 0.25) is 0 Å². The molecule has 1 aliphatic carbocycles. The lowest BCUT2D eigenvalue weighted by atomic mass is 9.89. The van der Waals surface area contributed by atoms with E-state index in [4.69, 9.17) is 14.2 Å². The summed E-state index contributed by atoms with van der Waals surface area (Å²) < 4.78 is 17.1. The molecular formula is C38H47N3O6. The lowest BCUT2D eigenvalue weighted by Crippen LogP contribution is -2.37. The lowest BCUT2D eigenvalue weighted by Gasteiger charge is -2.32. The molecule has 1 saturated heterocycles. The topological polar surface area (TPSA) is 106 Å². The van der Waals surface area contributed by atoms with Gasteiger partial charge in [-0.2, -0.15) is 0 Å². The number of methoxy groups -OCH3 is 3. The predicted octanol–water partition coefficient (Wildman–Crippen LogP) is 6.24. The van der Waals surface area contributed by atoms with Crippen LogP contribution in [0.4, 0.5) is 5.69 Å². The SMILES string of the molecule is COc1cc2c(c(OC)c1OC)-c1ccc(NCCCCCC(=O)N3CCC(c4ccccc4)CC3)c(=O)cc1[C@@H](NC(C)=O)CC2. The van der Waals surface area contributed by atoms with Crippen LogP contribution in [-0.4, -0.2) is 57.7 Å². The van der Waals surface area contributed by atoms with Gasteiger partial charge in [0.2, 0.25) is 23.0 Å². The summed E-state index contributed by atoms with van der Waals surface area (Å²) in [6, 6.07) is 17.5. The number of nitrogens with zero attached hydrogens (tertiary/aromatic N) is 1. The van der Waals surface area contributed by atoms with Crippen LogP contribution >= 0.6 is 0 Å². The van der Waals surface area contributed by atoms with Crippen molar-refractivity contribution in [3.63, 3.8) is 0 Å². The fourth-order valence-electron chi connectivity index (χ4n) is 7.00. The van der Waals surface area contributed by atoms with Gasteiger partial charge in [0.1, 0.15) is 0 Å². The van der Waals surface area contributed by atoms with Crippen molar-refractivity contribution >= 4 is 17.5 Å². The molecule has 0 bridgehead atoms. The minimum Gasteiger partial charge on any atom is -0.493 e. The van der Waals surface area contributed by atoms with E-state index >= 15 is 0 Å². The molecule has 0 aromatic heterocycles. The molecule has 1 aliphatic heterocycles. The van der Waals surface area contributed by atoms with E-state index in [1.165, 1.54) is 12.5 Å². The Morgan fingerprint density at radius 3 is 2.30 bits per heavy atom. The molecule has 2 amide bonds. The number of likely N-dealkylation sites (tertiary alicyclic amines) is 1. The fourth-order valence-corrected chi connectivity index (χ4v) is 7.00. The van der Waals surface area contributed by atoms with Crippen LogP contribution in [0.3, 0.4) is 0 Å². The summed E-state index contributed by atoms with van der Waals surface area (Å²) in [6.07, 6.45) is 6.37. The molecule has 0 radical (unpaired) electrons. The van der Waals surface area contributed by atoms with Gasteiger partial charge >= 0.3 is 0 Å². The number of hydrogen-bond donors (Lipinski definition) is 2. The predicted molar refractivity (Wildman–Crippen MR) is 185 cm³/mol. The zero-order valence-electron chi connectivity index (χ0n) is 28.0. The van der Waals surface area contributed by atoms with Crippen molar-refractivity contribution in [2.75, 3.05) is 46.3 Å². The third kappa shape index (κ3) is 7.89. The second-order valence-electron chi connectivity index (χ2n) is 12.4. The maximum atomic E-state index is 13.5. The number of hydrogen-bond acceptors (Lipinski definition) is 7. The van der Waals surface area contributed by atoms with E-state index in [1.807, 2.05) is 23.1 Å². The molecule has 0 spiro atoms. The van der Waals surface area contributed by atoms with E-state index < -0.39 is 0 Å². The Morgan fingerprint density at radius 1 is 0.872 bits per heavy atom. The van der Waals surface area contributed by atoms with Crippen LogP contribution < -0.4 is 30.3 Å². The van der Waals surface area contributed by atoms with Crippen LogP contribution in [0, 0.1) is 0 Å². The normalized spacial score (nSPS) is 15.9. The Balaban J connectivity index is 1.23. The number of benzene rings is 2. The summed E-state index contributed by atoms with van der Waals surface area (Å²) in [7, 11) is 4.74. The summed E-state index contributed by atoms with van der Waals surface area (Å²) in [5.74, 6) is 2.16. The molecule has 0 unspecified atom stereocenters. The van der Waals surface area contributed by atoms with Gasteiger partial charge < -0.3 is 29.7 Å². The Kier molecular flexibility index (Phi) is 11.4. The highest BCUT2D eigenvalue weighted by Gasteiger charge is 2.29. The van der Waals surface area contributed by atoms with Crippen LogP contribution in [0.1, 0.15) is 80.5 Å².